The van der Waals surface area contributed by atoms with E-state index < -0.39 is 0 Å². The molecule has 1 saturated carbocycles. The van der Waals surface area contributed by atoms with Crippen LogP contribution in [-0.4, -0.2) is 22.9 Å². The second-order valence-corrected chi connectivity index (χ2v) is 5.55. The van der Waals surface area contributed by atoms with E-state index in [4.69, 9.17) is 5.10 Å². The summed E-state index contributed by atoms with van der Waals surface area (Å²) in [6.45, 7) is 4.47. The molecule has 3 nitrogen and oxygen atoms in total. The lowest BCUT2D eigenvalue weighted by Crippen LogP contribution is -2.39. The van der Waals surface area contributed by atoms with Crippen molar-refractivity contribution < 1.29 is 0 Å². The van der Waals surface area contributed by atoms with E-state index in [0.717, 1.165) is 25.2 Å². The molecule has 0 bridgehead atoms. The largest absolute Gasteiger partial charge is 0.316 e. The molecular formula is C15H27N3. The lowest BCUT2D eigenvalue weighted by atomic mass is 9.78. The van der Waals surface area contributed by atoms with Crippen molar-refractivity contribution >= 4 is 0 Å². The van der Waals surface area contributed by atoms with Gasteiger partial charge in [0.05, 0.1) is 11.7 Å². The van der Waals surface area contributed by atoms with Gasteiger partial charge < -0.3 is 5.32 Å². The third kappa shape index (κ3) is 2.94. The lowest BCUT2D eigenvalue weighted by Gasteiger charge is -2.33. The number of hydrogen-bond donors (Lipinski definition) is 1. The van der Waals surface area contributed by atoms with Gasteiger partial charge >= 0.3 is 0 Å². The minimum absolute atomic E-state index is 0.565. The van der Waals surface area contributed by atoms with Gasteiger partial charge in [0.15, 0.2) is 0 Å². The van der Waals surface area contributed by atoms with E-state index in [1.54, 1.807) is 0 Å². The number of likely N-dealkylation sites (N-methyl/N-ethyl adjacent to an activating group) is 1. The molecule has 0 radical (unpaired) electrons. The van der Waals surface area contributed by atoms with Gasteiger partial charge in [0.2, 0.25) is 0 Å². The summed E-state index contributed by atoms with van der Waals surface area (Å²) in [7, 11) is 2.08. The molecule has 0 aromatic carbocycles. The smallest absolute Gasteiger partial charge is 0.0640 e. The number of rotatable bonds is 7. The molecular weight excluding hydrogens is 222 g/mol. The molecule has 1 unspecified atom stereocenters. The molecule has 1 N–H and O–H groups in total. The van der Waals surface area contributed by atoms with Gasteiger partial charge in [-0.2, -0.15) is 5.10 Å². The Labute approximate surface area is 111 Å². The normalized spacial score (nSPS) is 18.0. The second-order valence-electron chi connectivity index (χ2n) is 5.55. The van der Waals surface area contributed by atoms with Crippen molar-refractivity contribution in [3.63, 3.8) is 0 Å². The molecule has 0 saturated heterocycles. The highest BCUT2D eigenvalue weighted by molar-refractivity contribution is 5.03. The van der Waals surface area contributed by atoms with Crippen LogP contribution < -0.4 is 5.32 Å². The van der Waals surface area contributed by atoms with Gasteiger partial charge in [-0.25, -0.2) is 0 Å². The fraction of sp³-hybridized carbons (Fsp3) is 0.800. The maximum atomic E-state index is 4.76. The molecule has 1 fully saturated rings. The standard InChI is InChI=1S/C15H27N3/c1-4-14(5-2)18-10-9-13(17-18)11-15(16-3)12-7-6-8-12/h9-10,12,14-16H,4-8,11H2,1-3H3. The molecule has 1 aromatic rings. The van der Waals surface area contributed by atoms with Crippen LogP contribution in [0, 0.1) is 5.92 Å². The average Bonchev–Trinajstić information content (AvgIpc) is 2.76. The van der Waals surface area contributed by atoms with E-state index in [1.807, 2.05) is 0 Å². The van der Waals surface area contributed by atoms with E-state index in [9.17, 15) is 0 Å². The van der Waals surface area contributed by atoms with Crippen LogP contribution >= 0.6 is 0 Å². The highest BCUT2D eigenvalue weighted by atomic mass is 15.3. The van der Waals surface area contributed by atoms with Gasteiger partial charge in [0.1, 0.15) is 0 Å². The van der Waals surface area contributed by atoms with Crippen LogP contribution in [-0.2, 0) is 6.42 Å². The highest BCUT2D eigenvalue weighted by Crippen LogP contribution is 2.30. The molecule has 0 aliphatic heterocycles. The zero-order valence-electron chi connectivity index (χ0n) is 12.0. The molecule has 1 aliphatic rings. The number of nitrogens with zero attached hydrogens (tertiary/aromatic N) is 2. The van der Waals surface area contributed by atoms with Crippen LogP contribution in [0.4, 0.5) is 0 Å². The zero-order chi connectivity index (χ0) is 13.0. The van der Waals surface area contributed by atoms with Crippen LogP contribution in [0.15, 0.2) is 12.3 Å². The van der Waals surface area contributed by atoms with Gasteiger partial charge in [-0.3, -0.25) is 4.68 Å². The quantitative estimate of drug-likeness (QED) is 0.804. The van der Waals surface area contributed by atoms with Crippen molar-refractivity contribution in [1.82, 2.24) is 15.1 Å². The number of aromatic nitrogens is 2. The van der Waals surface area contributed by atoms with Crippen LogP contribution in [0.25, 0.3) is 0 Å². The minimum atomic E-state index is 0.565. The molecule has 1 aromatic heterocycles. The Morgan fingerprint density at radius 2 is 2.11 bits per heavy atom. The topological polar surface area (TPSA) is 29.9 Å². The molecule has 1 heterocycles. The Hall–Kier alpha value is -0.830. The second kappa shape index (κ2) is 6.37. The first-order valence-corrected chi connectivity index (χ1v) is 7.49. The summed E-state index contributed by atoms with van der Waals surface area (Å²) in [5.41, 5.74) is 1.24. The minimum Gasteiger partial charge on any atom is -0.316 e. The third-order valence-electron chi connectivity index (χ3n) is 4.50. The van der Waals surface area contributed by atoms with Gasteiger partial charge in [-0.05, 0) is 44.7 Å². The van der Waals surface area contributed by atoms with Crippen molar-refractivity contribution in [1.29, 1.82) is 0 Å². The van der Waals surface area contributed by atoms with Crippen molar-refractivity contribution in [2.45, 2.75) is 64.5 Å². The maximum absolute atomic E-state index is 4.76. The summed E-state index contributed by atoms with van der Waals surface area (Å²) in [6, 6.07) is 3.38. The number of nitrogens with one attached hydrogen (secondary N) is 1. The Bertz CT molecular complexity index is 350. The van der Waals surface area contributed by atoms with Crippen LogP contribution in [0.1, 0.15) is 57.7 Å². The zero-order valence-corrected chi connectivity index (χ0v) is 12.0. The van der Waals surface area contributed by atoms with E-state index in [2.05, 4.69) is 43.2 Å². The first-order chi connectivity index (χ1) is 8.78. The van der Waals surface area contributed by atoms with Crippen molar-refractivity contribution in [3.8, 4) is 0 Å². The summed E-state index contributed by atoms with van der Waals surface area (Å²) in [5, 5.41) is 8.23. The van der Waals surface area contributed by atoms with Crippen LogP contribution in [0.3, 0.4) is 0 Å². The van der Waals surface area contributed by atoms with Gasteiger partial charge in [0, 0.05) is 18.7 Å². The van der Waals surface area contributed by atoms with Crippen LogP contribution in [0.5, 0.6) is 0 Å². The fourth-order valence-corrected chi connectivity index (χ4v) is 2.92. The predicted molar refractivity (Wildman–Crippen MR) is 75.7 cm³/mol. The Morgan fingerprint density at radius 3 is 2.61 bits per heavy atom. The molecule has 102 valence electrons. The Kier molecular flexibility index (Phi) is 4.81. The summed E-state index contributed by atoms with van der Waals surface area (Å²) < 4.78 is 2.16. The summed E-state index contributed by atoms with van der Waals surface area (Å²) in [4.78, 5) is 0. The summed E-state index contributed by atoms with van der Waals surface area (Å²) >= 11 is 0. The van der Waals surface area contributed by atoms with Gasteiger partial charge in [0.25, 0.3) is 0 Å². The summed E-state index contributed by atoms with van der Waals surface area (Å²) in [6.07, 6.45) is 9.74. The highest BCUT2D eigenvalue weighted by Gasteiger charge is 2.26. The maximum Gasteiger partial charge on any atom is 0.0640 e. The van der Waals surface area contributed by atoms with Crippen molar-refractivity contribution in [2.75, 3.05) is 7.05 Å². The van der Waals surface area contributed by atoms with E-state index in [0.29, 0.717) is 12.1 Å². The molecule has 3 heteroatoms. The predicted octanol–water partition coefficient (Wildman–Crippen LogP) is 3.17. The van der Waals surface area contributed by atoms with E-state index in [1.165, 1.54) is 25.0 Å². The Balaban J connectivity index is 1.96. The van der Waals surface area contributed by atoms with Crippen LogP contribution in [0.2, 0.25) is 0 Å². The molecule has 2 rings (SSSR count). The van der Waals surface area contributed by atoms with Gasteiger partial charge in [-0.15, -0.1) is 0 Å². The van der Waals surface area contributed by atoms with E-state index in [-0.39, 0.29) is 0 Å². The molecule has 1 atom stereocenters. The Morgan fingerprint density at radius 1 is 1.39 bits per heavy atom. The first-order valence-electron chi connectivity index (χ1n) is 7.49. The molecule has 18 heavy (non-hydrogen) atoms. The van der Waals surface area contributed by atoms with Gasteiger partial charge in [-0.1, -0.05) is 20.3 Å². The number of hydrogen-bond acceptors (Lipinski definition) is 2. The SMILES string of the molecule is CCC(CC)n1ccc(CC(NC)C2CCC2)n1. The first kappa shape index (κ1) is 13.6. The average molecular weight is 249 g/mol. The van der Waals surface area contributed by atoms with Crippen molar-refractivity contribution in [3.05, 3.63) is 18.0 Å². The third-order valence-corrected chi connectivity index (χ3v) is 4.50. The summed E-state index contributed by atoms with van der Waals surface area (Å²) in [5.74, 6) is 0.869. The fourth-order valence-electron chi connectivity index (χ4n) is 2.92. The molecule has 0 amide bonds. The van der Waals surface area contributed by atoms with Crippen molar-refractivity contribution in [2.24, 2.45) is 5.92 Å². The monoisotopic (exact) mass is 249 g/mol. The molecule has 0 spiro atoms. The van der Waals surface area contributed by atoms with E-state index >= 15 is 0 Å². The lowest BCUT2D eigenvalue weighted by molar-refractivity contribution is 0.234. The molecule has 1 aliphatic carbocycles.